The number of aliphatic hydroxyl groups is 1. The number of phenolic OH excluding ortho intramolecular Hbond substituents is 1. The first-order valence-electron chi connectivity index (χ1n) is 6.02. The van der Waals surface area contributed by atoms with Crippen LogP contribution in [0.25, 0.3) is 0 Å². The van der Waals surface area contributed by atoms with E-state index in [0.29, 0.717) is 12.0 Å². The lowest BCUT2D eigenvalue weighted by Crippen LogP contribution is -2.33. The van der Waals surface area contributed by atoms with Crippen molar-refractivity contribution >= 4 is 15.9 Å². The average Bonchev–Trinajstić information content (AvgIpc) is 2.78. The third-order valence-electron chi connectivity index (χ3n) is 3.47. The highest BCUT2D eigenvalue weighted by Gasteiger charge is 2.25. The minimum absolute atomic E-state index is 0.267. The van der Waals surface area contributed by atoms with Gasteiger partial charge in [-0.25, -0.2) is 0 Å². The number of rotatable bonds is 4. The molecule has 0 spiro atoms. The topological polar surface area (TPSA) is 52.5 Å². The summed E-state index contributed by atoms with van der Waals surface area (Å²) >= 11 is 3.31. The summed E-state index contributed by atoms with van der Waals surface area (Å²) in [7, 11) is 0. The summed E-state index contributed by atoms with van der Waals surface area (Å²) in [6, 6.07) is 5.95. The van der Waals surface area contributed by atoms with E-state index in [0.717, 1.165) is 29.4 Å². The molecule has 1 aliphatic rings. The average molecular weight is 300 g/mol. The standard InChI is InChI=1S/C13H18BrNO2/c14-11-6-9(4-5-13(11)17)7-15-12-3-1-2-10(12)8-16/h4-6,10,12,15-17H,1-3,7-8H2. The second kappa shape index (κ2) is 5.85. The molecule has 0 heterocycles. The number of phenols is 1. The Labute approximate surface area is 110 Å². The van der Waals surface area contributed by atoms with Crippen LogP contribution in [0.5, 0.6) is 5.75 Å². The van der Waals surface area contributed by atoms with Crippen LogP contribution in [0.1, 0.15) is 24.8 Å². The Kier molecular flexibility index (Phi) is 4.42. The second-order valence-electron chi connectivity index (χ2n) is 4.65. The number of aliphatic hydroxyl groups excluding tert-OH is 1. The first-order valence-corrected chi connectivity index (χ1v) is 6.81. The Hall–Kier alpha value is -0.580. The highest BCUT2D eigenvalue weighted by molar-refractivity contribution is 9.10. The largest absolute Gasteiger partial charge is 0.507 e. The number of aromatic hydroxyl groups is 1. The molecule has 0 saturated heterocycles. The molecule has 0 bridgehead atoms. The van der Waals surface area contributed by atoms with E-state index < -0.39 is 0 Å². The normalized spacial score (nSPS) is 24.1. The number of halogens is 1. The lowest BCUT2D eigenvalue weighted by Gasteiger charge is -2.19. The van der Waals surface area contributed by atoms with Crippen LogP contribution in [0.2, 0.25) is 0 Å². The van der Waals surface area contributed by atoms with Crippen molar-refractivity contribution in [3.05, 3.63) is 28.2 Å². The van der Waals surface area contributed by atoms with Gasteiger partial charge in [-0.2, -0.15) is 0 Å². The van der Waals surface area contributed by atoms with Crippen LogP contribution in [0.4, 0.5) is 0 Å². The molecule has 0 aromatic heterocycles. The van der Waals surface area contributed by atoms with E-state index in [1.165, 1.54) is 6.42 Å². The Bertz CT molecular complexity index is 384. The Morgan fingerprint density at radius 3 is 2.88 bits per heavy atom. The predicted octanol–water partition coefficient (Wildman–Crippen LogP) is 2.41. The molecule has 1 aromatic carbocycles. The first kappa shape index (κ1) is 12.9. The minimum Gasteiger partial charge on any atom is -0.507 e. The zero-order valence-corrected chi connectivity index (χ0v) is 11.3. The molecule has 0 aliphatic heterocycles. The first-order chi connectivity index (χ1) is 8.20. The van der Waals surface area contributed by atoms with Crippen molar-refractivity contribution in [3.63, 3.8) is 0 Å². The van der Waals surface area contributed by atoms with Crippen LogP contribution in [-0.4, -0.2) is 22.9 Å². The van der Waals surface area contributed by atoms with Gasteiger partial charge in [0.15, 0.2) is 0 Å². The molecule has 1 fully saturated rings. The van der Waals surface area contributed by atoms with Crippen molar-refractivity contribution < 1.29 is 10.2 Å². The number of nitrogens with one attached hydrogen (secondary N) is 1. The maximum atomic E-state index is 9.40. The molecule has 0 radical (unpaired) electrons. The van der Waals surface area contributed by atoms with E-state index in [4.69, 9.17) is 0 Å². The fourth-order valence-electron chi connectivity index (χ4n) is 2.43. The quantitative estimate of drug-likeness (QED) is 0.800. The molecule has 1 aliphatic carbocycles. The molecule has 4 heteroatoms. The molecular weight excluding hydrogens is 282 g/mol. The van der Waals surface area contributed by atoms with Crippen molar-refractivity contribution in [2.75, 3.05) is 6.61 Å². The van der Waals surface area contributed by atoms with Gasteiger partial charge in [0.05, 0.1) is 4.47 Å². The zero-order valence-electron chi connectivity index (χ0n) is 9.69. The Balaban J connectivity index is 1.91. The molecule has 17 heavy (non-hydrogen) atoms. The smallest absolute Gasteiger partial charge is 0.129 e. The lowest BCUT2D eigenvalue weighted by molar-refractivity contribution is 0.205. The molecule has 3 nitrogen and oxygen atoms in total. The van der Waals surface area contributed by atoms with Crippen LogP contribution in [-0.2, 0) is 6.54 Å². The minimum atomic E-state index is 0.267. The Morgan fingerprint density at radius 1 is 1.35 bits per heavy atom. The van der Waals surface area contributed by atoms with Gasteiger partial charge in [0.25, 0.3) is 0 Å². The van der Waals surface area contributed by atoms with Gasteiger partial charge in [0.2, 0.25) is 0 Å². The van der Waals surface area contributed by atoms with E-state index >= 15 is 0 Å². The van der Waals surface area contributed by atoms with Gasteiger partial charge in [0.1, 0.15) is 5.75 Å². The van der Waals surface area contributed by atoms with Gasteiger partial charge in [-0.05, 0) is 52.4 Å². The summed E-state index contributed by atoms with van der Waals surface area (Å²) in [6.07, 6.45) is 3.46. The van der Waals surface area contributed by atoms with Crippen LogP contribution >= 0.6 is 15.9 Å². The summed E-state index contributed by atoms with van der Waals surface area (Å²) in [4.78, 5) is 0. The van der Waals surface area contributed by atoms with Gasteiger partial charge in [-0.3, -0.25) is 0 Å². The van der Waals surface area contributed by atoms with Gasteiger partial charge in [-0.15, -0.1) is 0 Å². The fourth-order valence-corrected chi connectivity index (χ4v) is 2.86. The molecule has 0 amide bonds. The van der Waals surface area contributed by atoms with Crippen LogP contribution in [0.3, 0.4) is 0 Å². The lowest BCUT2D eigenvalue weighted by atomic mass is 10.0. The number of hydrogen-bond acceptors (Lipinski definition) is 3. The highest BCUT2D eigenvalue weighted by atomic mass is 79.9. The zero-order chi connectivity index (χ0) is 12.3. The van der Waals surface area contributed by atoms with Crippen molar-refractivity contribution in [2.24, 2.45) is 5.92 Å². The molecule has 2 atom stereocenters. The van der Waals surface area contributed by atoms with E-state index in [1.807, 2.05) is 12.1 Å². The third-order valence-corrected chi connectivity index (χ3v) is 4.11. The molecule has 1 aromatic rings. The third kappa shape index (κ3) is 3.21. The summed E-state index contributed by atoms with van der Waals surface area (Å²) in [5, 5.41) is 22.1. The van der Waals surface area contributed by atoms with E-state index in [9.17, 15) is 10.2 Å². The molecule has 1 saturated carbocycles. The summed E-state index contributed by atoms with van der Waals surface area (Å²) < 4.78 is 0.724. The summed E-state index contributed by atoms with van der Waals surface area (Å²) in [5.74, 6) is 0.665. The SMILES string of the molecule is OCC1CCCC1NCc1ccc(O)c(Br)c1. The van der Waals surface area contributed by atoms with E-state index in [-0.39, 0.29) is 12.4 Å². The van der Waals surface area contributed by atoms with Gasteiger partial charge in [-0.1, -0.05) is 12.5 Å². The fraction of sp³-hybridized carbons (Fsp3) is 0.538. The van der Waals surface area contributed by atoms with Crippen molar-refractivity contribution in [2.45, 2.75) is 31.8 Å². The van der Waals surface area contributed by atoms with Crippen molar-refractivity contribution in [1.29, 1.82) is 0 Å². The van der Waals surface area contributed by atoms with Gasteiger partial charge < -0.3 is 15.5 Å². The van der Waals surface area contributed by atoms with E-state index in [2.05, 4.69) is 21.2 Å². The molecule has 2 unspecified atom stereocenters. The van der Waals surface area contributed by atoms with E-state index in [1.54, 1.807) is 6.07 Å². The van der Waals surface area contributed by atoms with Crippen molar-refractivity contribution in [1.82, 2.24) is 5.32 Å². The number of benzene rings is 1. The maximum absolute atomic E-state index is 9.40. The van der Waals surface area contributed by atoms with Crippen molar-refractivity contribution in [3.8, 4) is 5.75 Å². The maximum Gasteiger partial charge on any atom is 0.129 e. The molecule has 94 valence electrons. The Morgan fingerprint density at radius 2 is 2.18 bits per heavy atom. The highest BCUT2D eigenvalue weighted by Crippen LogP contribution is 2.27. The van der Waals surface area contributed by atoms with Crippen LogP contribution < -0.4 is 5.32 Å². The molecule has 2 rings (SSSR count). The molecular formula is C13H18BrNO2. The van der Waals surface area contributed by atoms with Crippen LogP contribution in [0, 0.1) is 5.92 Å². The summed E-state index contributed by atoms with van der Waals surface area (Å²) in [5.41, 5.74) is 1.14. The predicted molar refractivity (Wildman–Crippen MR) is 70.9 cm³/mol. The summed E-state index contributed by atoms with van der Waals surface area (Å²) in [6.45, 7) is 1.05. The molecule has 3 N–H and O–H groups in total. The van der Waals surface area contributed by atoms with Crippen LogP contribution in [0.15, 0.2) is 22.7 Å². The van der Waals surface area contributed by atoms with Gasteiger partial charge >= 0.3 is 0 Å². The van der Waals surface area contributed by atoms with Gasteiger partial charge in [0, 0.05) is 19.2 Å². The monoisotopic (exact) mass is 299 g/mol. The number of hydrogen-bond donors (Lipinski definition) is 3. The second-order valence-corrected chi connectivity index (χ2v) is 5.50.